The van der Waals surface area contributed by atoms with Gasteiger partial charge in [0.15, 0.2) is 0 Å². The fourth-order valence-electron chi connectivity index (χ4n) is 3.77. The van der Waals surface area contributed by atoms with E-state index in [0.29, 0.717) is 30.8 Å². The number of benzene rings is 3. The number of nitrogens with one attached hydrogen (secondary N) is 2. The Hall–Kier alpha value is -3.60. The van der Waals surface area contributed by atoms with Crippen molar-refractivity contribution in [2.45, 2.75) is 26.8 Å². The average molecular weight is 415 g/mol. The highest BCUT2D eigenvalue weighted by Crippen LogP contribution is 2.30. The number of carbonyl (C=O) groups is 2. The molecule has 1 atom stereocenters. The molecular formula is C26H26N2O3. The molecule has 5 nitrogen and oxygen atoms in total. The summed E-state index contributed by atoms with van der Waals surface area (Å²) in [5, 5.41) is 5.96. The lowest BCUT2D eigenvalue weighted by molar-refractivity contribution is -0.126. The third-order valence-electron chi connectivity index (χ3n) is 5.59. The number of hydrogen-bond donors (Lipinski definition) is 2. The van der Waals surface area contributed by atoms with Crippen molar-refractivity contribution in [3.05, 3.63) is 94.5 Å². The number of rotatable bonds is 5. The fraction of sp³-hybridized carbons (Fsp3) is 0.231. The Morgan fingerprint density at radius 3 is 2.65 bits per heavy atom. The van der Waals surface area contributed by atoms with Crippen molar-refractivity contribution in [2.24, 2.45) is 5.92 Å². The van der Waals surface area contributed by atoms with E-state index >= 15 is 0 Å². The maximum absolute atomic E-state index is 12.7. The molecule has 31 heavy (non-hydrogen) atoms. The van der Waals surface area contributed by atoms with Gasteiger partial charge in [-0.1, -0.05) is 42.0 Å². The van der Waals surface area contributed by atoms with Gasteiger partial charge in [0.1, 0.15) is 12.4 Å². The number of amides is 2. The van der Waals surface area contributed by atoms with Gasteiger partial charge in [0, 0.05) is 17.8 Å². The lowest BCUT2D eigenvalue weighted by atomic mass is 9.95. The zero-order valence-corrected chi connectivity index (χ0v) is 17.8. The van der Waals surface area contributed by atoms with Crippen molar-refractivity contribution in [3.8, 4) is 5.75 Å². The van der Waals surface area contributed by atoms with Crippen LogP contribution in [0.5, 0.6) is 5.75 Å². The minimum Gasteiger partial charge on any atom is -0.492 e. The summed E-state index contributed by atoms with van der Waals surface area (Å²) in [6.45, 7) is 4.84. The molecule has 0 fully saturated rings. The van der Waals surface area contributed by atoms with Crippen LogP contribution in [0.25, 0.3) is 0 Å². The minimum atomic E-state index is -0.265. The zero-order chi connectivity index (χ0) is 21.8. The predicted molar refractivity (Wildman–Crippen MR) is 121 cm³/mol. The van der Waals surface area contributed by atoms with Crippen LogP contribution in [0.1, 0.15) is 32.6 Å². The van der Waals surface area contributed by atoms with Gasteiger partial charge in [-0.25, -0.2) is 0 Å². The lowest BCUT2D eigenvalue weighted by Crippen LogP contribution is -2.37. The van der Waals surface area contributed by atoms with E-state index in [1.807, 2.05) is 74.5 Å². The monoisotopic (exact) mass is 414 g/mol. The summed E-state index contributed by atoms with van der Waals surface area (Å²) >= 11 is 0. The molecule has 1 heterocycles. The highest BCUT2D eigenvalue weighted by molar-refractivity contribution is 6.04. The summed E-state index contributed by atoms with van der Waals surface area (Å²) in [6, 6.07) is 21.0. The summed E-state index contributed by atoms with van der Waals surface area (Å²) in [4.78, 5) is 25.3. The van der Waals surface area contributed by atoms with Crippen molar-refractivity contribution in [3.63, 3.8) is 0 Å². The lowest BCUT2D eigenvalue weighted by Gasteiger charge is -2.25. The van der Waals surface area contributed by atoms with E-state index in [1.54, 1.807) is 6.07 Å². The zero-order valence-electron chi connectivity index (χ0n) is 17.8. The standard InChI is InChI=1S/C26H26N2O3/c1-17-6-5-9-19(12-17)26(30)28-23-10-11-24-21(14-23)13-22(16-31-24)25(29)27-15-20-8-4-3-7-18(20)2/h3-12,14,22H,13,15-16H2,1-2H3,(H,27,29)(H,28,30)/t22-/m0/s1. The van der Waals surface area contributed by atoms with Gasteiger partial charge in [0.25, 0.3) is 5.91 Å². The first kappa shape index (κ1) is 20.7. The highest BCUT2D eigenvalue weighted by atomic mass is 16.5. The van der Waals surface area contributed by atoms with Crippen LogP contribution in [0, 0.1) is 19.8 Å². The summed E-state index contributed by atoms with van der Waals surface area (Å²) < 4.78 is 5.82. The molecule has 0 saturated carbocycles. The molecule has 3 aromatic rings. The summed E-state index contributed by atoms with van der Waals surface area (Å²) in [6.07, 6.45) is 0.573. The van der Waals surface area contributed by atoms with E-state index in [4.69, 9.17) is 4.74 Å². The quantitative estimate of drug-likeness (QED) is 0.649. The number of ether oxygens (including phenoxy) is 1. The molecule has 0 unspecified atom stereocenters. The van der Waals surface area contributed by atoms with Crippen LogP contribution >= 0.6 is 0 Å². The van der Waals surface area contributed by atoms with E-state index in [9.17, 15) is 9.59 Å². The van der Waals surface area contributed by atoms with Crippen molar-refractivity contribution < 1.29 is 14.3 Å². The van der Waals surface area contributed by atoms with E-state index in [0.717, 1.165) is 28.0 Å². The molecule has 0 aliphatic carbocycles. The minimum absolute atomic E-state index is 0.0249. The second kappa shape index (κ2) is 9.04. The van der Waals surface area contributed by atoms with Gasteiger partial charge in [-0.2, -0.15) is 0 Å². The smallest absolute Gasteiger partial charge is 0.255 e. The molecule has 0 aromatic heterocycles. The highest BCUT2D eigenvalue weighted by Gasteiger charge is 2.26. The Balaban J connectivity index is 1.40. The molecule has 0 bridgehead atoms. The van der Waals surface area contributed by atoms with Crippen LogP contribution in [-0.2, 0) is 17.8 Å². The number of hydrogen-bond acceptors (Lipinski definition) is 3. The number of carbonyl (C=O) groups excluding carboxylic acids is 2. The van der Waals surface area contributed by atoms with Gasteiger partial charge < -0.3 is 15.4 Å². The normalized spacial score (nSPS) is 14.8. The molecule has 0 saturated heterocycles. The first-order valence-corrected chi connectivity index (χ1v) is 10.5. The van der Waals surface area contributed by atoms with Gasteiger partial charge in [0.05, 0.1) is 5.92 Å². The number of aryl methyl sites for hydroxylation is 2. The van der Waals surface area contributed by atoms with Crippen molar-refractivity contribution in [1.29, 1.82) is 0 Å². The Bertz CT molecular complexity index is 1120. The molecule has 1 aliphatic rings. The molecule has 0 spiro atoms. The Morgan fingerprint density at radius 2 is 1.84 bits per heavy atom. The molecule has 1 aliphatic heterocycles. The third kappa shape index (κ3) is 4.94. The van der Waals surface area contributed by atoms with E-state index in [1.165, 1.54) is 0 Å². The SMILES string of the molecule is Cc1cccc(C(=O)Nc2ccc3c(c2)C[C@H](C(=O)NCc2ccccc2C)CO3)c1. The second-order valence-corrected chi connectivity index (χ2v) is 8.00. The molecule has 3 aromatic carbocycles. The summed E-state index contributed by atoms with van der Waals surface area (Å²) in [7, 11) is 0. The largest absolute Gasteiger partial charge is 0.492 e. The molecule has 2 amide bonds. The molecule has 5 heteroatoms. The van der Waals surface area contributed by atoms with Crippen LogP contribution in [0.3, 0.4) is 0 Å². The van der Waals surface area contributed by atoms with Crippen molar-refractivity contribution in [1.82, 2.24) is 5.32 Å². The van der Waals surface area contributed by atoms with Crippen LogP contribution < -0.4 is 15.4 Å². The van der Waals surface area contributed by atoms with Crippen LogP contribution in [0.15, 0.2) is 66.7 Å². The molecule has 158 valence electrons. The molecule has 2 N–H and O–H groups in total. The first-order valence-electron chi connectivity index (χ1n) is 10.5. The Morgan fingerprint density at radius 1 is 1.00 bits per heavy atom. The topological polar surface area (TPSA) is 67.4 Å². The number of anilines is 1. The van der Waals surface area contributed by atoms with Gasteiger partial charge in [-0.05, 0) is 67.3 Å². The Labute approximate surface area is 182 Å². The van der Waals surface area contributed by atoms with Crippen molar-refractivity contribution in [2.75, 3.05) is 11.9 Å². The molecule has 0 radical (unpaired) electrons. The predicted octanol–water partition coefficient (Wildman–Crippen LogP) is 4.42. The van der Waals surface area contributed by atoms with Gasteiger partial charge in [0.2, 0.25) is 5.91 Å². The van der Waals surface area contributed by atoms with E-state index in [-0.39, 0.29) is 17.7 Å². The summed E-state index contributed by atoms with van der Waals surface area (Å²) in [5.74, 6) is 0.312. The third-order valence-corrected chi connectivity index (χ3v) is 5.59. The van der Waals surface area contributed by atoms with Gasteiger partial charge >= 0.3 is 0 Å². The van der Waals surface area contributed by atoms with Crippen LogP contribution in [-0.4, -0.2) is 18.4 Å². The number of fused-ring (bicyclic) bond motifs is 1. The maximum Gasteiger partial charge on any atom is 0.255 e. The molecule has 4 rings (SSSR count). The van der Waals surface area contributed by atoms with Crippen molar-refractivity contribution >= 4 is 17.5 Å². The molecular weight excluding hydrogens is 388 g/mol. The maximum atomic E-state index is 12.7. The average Bonchev–Trinajstić information content (AvgIpc) is 2.78. The summed E-state index contributed by atoms with van der Waals surface area (Å²) in [5.41, 5.74) is 5.52. The van der Waals surface area contributed by atoms with Crippen LogP contribution in [0.2, 0.25) is 0 Å². The second-order valence-electron chi connectivity index (χ2n) is 8.00. The van der Waals surface area contributed by atoms with Crippen LogP contribution in [0.4, 0.5) is 5.69 Å². The van der Waals surface area contributed by atoms with E-state index < -0.39 is 0 Å². The van der Waals surface area contributed by atoms with E-state index in [2.05, 4.69) is 10.6 Å². The van der Waals surface area contributed by atoms with Gasteiger partial charge in [-0.3, -0.25) is 9.59 Å². The first-order chi connectivity index (χ1) is 15.0. The fourth-order valence-corrected chi connectivity index (χ4v) is 3.77. The Kier molecular flexibility index (Phi) is 6.03. The van der Waals surface area contributed by atoms with Gasteiger partial charge in [-0.15, -0.1) is 0 Å².